The average molecular weight is 407 g/mol. The lowest BCUT2D eigenvalue weighted by Gasteiger charge is -2.23. The number of benzene rings is 1. The highest BCUT2D eigenvalue weighted by Crippen LogP contribution is 2.06. The molecule has 0 aliphatic carbocycles. The highest BCUT2D eigenvalue weighted by atomic mass is 16.4. The van der Waals surface area contributed by atoms with Crippen molar-refractivity contribution >= 4 is 23.7 Å². The van der Waals surface area contributed by atoms with Crippen LogP contribution >= 0.6 is 0 Å². The first-order valence-corrected chi connectivity index (χ1v) is 9.36. The highest BCUT2D eigenvalue weighted by Gasteiger charge is 2.28. The predicted octanol–water partition coefficient (Wildman–Crippen LogP) is -1.38. The minimum Gasteiger partial charge on any atom is -0.480 e. The fourth-order valence-electron chi connectivity index (χ4n) is 2.67. The third-order valence-electron chi connectivity index (χ3n) is 4.24. The van der Waals surface area contributed by atoms with E-state index in [0.717, 1.165) is 5.56 Å². The van der Waals surface area contributed by atoms with Crippen molar-refractivity contribution in [2.24, 2.45) is 17.2 Å². The summed E-state index contributed by atoms with van der Waals surface area (Å²) in [6.07, 6.45) is 1.13. The van der Waals surface area contributed by atoms with Crippen LogP contribution in [0.25, 0.3) is 0 Å². The van der Waals surface area contributed by atoms with Gasteiger partial charge in [-0.1, -0.05) is 30.3 Å². The van der Waals surface area contributed by atoms with E-state index < -0.39 is 41.8 Å². The Morgan fingerprint density at radius 2 is 1.59 bits per heavy atom. The van der Waals surface area contributed by atoms with Gasteiger partial charge in [-0.2, -0.15) is 0 Å². The summed E-state index contributed by atoms with van der Waals surface area (Å²) in [5.41, 5.74) is 16.9. The zero-order valence-electron chi connectivity index (χ0n) is 16.2. The molecule has 3 atom stereocenters. The maximum Gasteiger partial charge on any atom is 0.326 e. The van der Waals surface area contributed by atoms with E-state index in [1.165, 1.54) is 0 Å². The van der Waals surface area contributed by atoms with E-state index >= 15 is 0 Å². The second kappa shape index (κ2) is 12.5. The Labute approximate surface area is 169 Å². The van der Waals surface area contributed by atoms with Crippen molar-refractivity contribution in [3.63, 3.8) is 0 Å². The summed E-state index contributed by atoms with van der Waals surface area (Å²) in [5, 5.41) is 14.4. The van der Waals surface area contributed by atoms with Crippen molar-refractivity contribution in [2.75, 3.05) is 6.54 Å². The maximum absolute atomic E-state index is 12.7. The standard InChI is InChI=1S/C19H29N5O5/c20-9-5-4-8-14(23-17(26)13(21)11-16(22)25)18(27)24-15(19(28)29)10-12-6-2-1-3-7-12/h1-3,6-7,13-15H,4-5,8-11,20-21H2,(H2,22,25)(H,23,26)(H,24,27)(H,28,29). The van der Waals surface area contributed by atoms with Gasteiger partial charge in [-0.05, 0) is 31.4 Å². The monoisotopic (exact) mass is 407 g/mol. The molecule has 3 amide bonds. The molecule has 29 heavy (non-hydrogen) atoms. The van der Waals surface area contributed by atoms with E-state index in [-0.39, 0.29) is 19.3 Å². The summed E-state index contributed by atoms with van der Waals surface area (Å²) < 4.78 is 0. The molecule has 9 N–H and O–H groups in total. The van der Waals surface area contributed by atoms with Crippen LogP contribution in [-0.4, -0.2) is 53.5 Å². The predicted molar refractivity (Wildman–Crippen MR) is 106 cm³/mol. The Hall–Kier alpha value is -2.98. The molecule has 0 fully saturated rings. The van der Waals surface area contributed by atoms with E-state index in [2.05, 4.69) is 10.6 Å². The molecule has 0 aromatic heterocycles. The summed E-state index contributed by atoms with van der Waals surface area (Å²) in [6.45, 7) is 0.412. The van der Waals surface area contributed by atoms with Gasteiger partial charge in [-0.3, -0.25) is 14.4 Å². The molecule has 1 rings (SSSR count). The number of carboxylic acids is 1. The lowest BCUT2D eigenvalue weighted by atomic mass is 10.0. The van der Waals surface area contributed by atoms with Gasteiger partial charge in [-0.25, -0.2) is 4.79 Å². The quantitative estimate of drug-likeness (QED) is 0.217. The van der Waals surface area contributed by atoms with Gasteiger partial charge in [0.1, 0.15) is 12.1 Å². The molecule has 1 aromatic carbocycles. The maximum atomic E-state index is 12.7. The Balaban J connectivity index is 2.83. The van der Waals surface area contributed by atoms with Crippen LogP contribution in [0.5, 0.6) is 0 Å². The molecule has 0 bridgehead atoms. The van der Waals surface area contributed by atoms with E-state index in [1.54, 1.807) is 30.3 Å². The number of nitrogens with one attached hydrogen (secondary N) is 2. The van der Waals surface area contributed by atoms with Crippen molar-refractivity contribution in [3.05, 3.63) is 35.9 Å². The van der Waals surface area contributed by atoms with Crippen molar-refractivity contribution in [1.82, 2.24) is 10.6 Å². The molecular weight excluding hydrogens is 378 g/mol. The summed E-state index contributed by atoms with van der Waals surface area (Å²) >= 11 is 0. The first-order chi connectivity index (χ1) is 13.7. The molecule has 1 aromatic rings. The normalized spacial score (nSPS) is 13.7. The molecule has 10 nitrogen and oxygen atoms in total. The van der Waals surface area contributed by atoms with Gasteiger partial charge in [0.25, 0.3) is 0 Å². The average Bonchev–Trinajstić information content (AvgIpc) is 2.66. The Morgan fingerprint density at radius 1 is 0.966 bits per heavy atom. The number of carbonyl (C=O) groups excluding carboxylic acids is 3. The van der Waals surface area contributed by atoms with Crippen molar-refractivity contribution in [2.45, 2.75) is 50.2 Å². The molecule has 10 heteroatoms. The van der Waals surface area contributed by atoms with Crippen LogP contribution in [-0.2, 0) is 25.6 Å². The minimum absolute atomic E-state index is 0.0899. The lowest BCUT2D eigenvalue weighted by molar-refractivity contribution is -0.142. The van der Waals surface area contributed by atoms with Gasteiger partial charge >= 0.3 is 5.97 Å². The molecule has 0 aliphatic rings. The third kappa shape index (κ3) is 9.17. The van der Waals surface area contributed by atoms with Gasteiger partial charge in [0.2, 0.25) is 17.7 Å². The van der Waals surface area contributed by atoms with Gasteiger partial charge in [0.05, 0.1) is 12.5 Å². The topological polar surface area (TPSA) is 191 Å². The van der Waals surface area contributed by atoms with Crippen LogP contribution in [0.1, 0.15) is 31.2 Å². The SMILES string of the molecule is NCCCCC(NC(=O)C(N)CC(N)=O)C(=O)NC(Cc1ccccc1)C(=O)O. The highest BCUT2D eigenvalue weighted by molar-refractivity contribution is 5.93. The molecule has 0 aliphatic heterocycles. The van der Waals surface area contributed by atoms with E-state index in [1.807, 2.05) is 0 Å². The number of amides is 3. The van der Waals surface area contributed by atoms with Gasteiger partial charge in [0.15, 0.2) is 0 Å². The summed E-state index contributed by atoms with van der Waals surface area (Å²) in [4.78, 5) is 47.4. The van der Waals surface area contributed by atoms with Gasteiger partial charge in [0, 0.05) is 6.42 Å². The molecule has 0 heterocycles. The molecular formula is C19H29N5O5. The van der Waals surface area contributed by atoms with Crippen molar-refractivity contribution in [1.29, 1.82) is 0 Å². The second-order valence-electron chi connectivity index (χ2n) is 6.71. The second-order valence-corrected chi connectivity index (χ2v) is 6.71. The molecule has 3 unspecified atom stereocenters. The first-order valence-electron chi connectivity index (χ1n) is 9.36. The van der Waals surface area contributed by atoms with Crippen LogP contribution in [0, 0.1) is 0 Å². The Kier molecular flexibility index (Phi) is 10.3. The van der Waals surface area contributed by atoms with E-state index in [0.29, 0.717) is 19.4 Å². The number of rotatable bonds is 13. The number of carbonyl (C=O) groups is 4. The van der Waals surface area contributed by atoms with Crippen LogP contribution in [0.2, 0.25) is 0 Å². The third-order valence-corrected chi connectivity index (χ3v) is 4.24. The van der Waals surface area contributed by atoms with Crippen LogP contribution < -0.4 is 27.8 Å². The molecule has 0 saturated heterocycles. The fraction of sp³-hybridized carbons (Fsp3) is 0.474. The Morgan fingerprint density at radius 3 is 2.14 bits per heavy atom. The van der Waals surface area contributed by atoms with Gasteiger partial charge < -0.3 is 32.9 Å². The molecule has 0 radical (unpaired) electrons. The van der Waals surface area contributed by atoms with Crippen LogP contribution in [0.3, 0.4) is 0 Å². The summed E-state index contributed by atoms with van der Waals surface area (Å²) in [5.74, 6) is -3.30. The number of hydrogen-bond donors (Lipinski definition) is 6. The molecule has 0 spiro atoms. The summed E-state index contributed by atoms with van der Waals surface area (Å²) in [7, 11) is 0. The number of hydrogen-bond acceptors (Lipinski definition) is 6. The first kappa shape index (κ1) is 24.1. The van der Waals surface area contributed by atoms with E-state index in [9.17, 15) is 24.3 Å². The number of nitrogens with two attached hydrogens (primary N) is 3. The number of carboxylic acid groups (broad SMARTS) is 1. The minimum atomic E-state index is -1.20. The summed E-state index contributed by atoms with van der Waals surface area (Å²) in [6, 6.07) is 5.48. The number of primary amides is 1. The lowest BCUT2D eigenvalue weighted by Crippen LogP contribution is -2.55. The van der Waals surface area contributed by atoms with Crippen molar-refractivity contribution < 1.29 is 24.3 Å². The zero-order valence-corrected chi connectivity index (χ0v) is 16.2. The number of unbranched alkanes of at least 4 members (excludes halogenated alkanes) is 1. The molecule has 0 saturated carbocycles. The Bertz CT molecular complexity index is 697. The van der Waals surface area contributed by atoms with Gasteiger partial charge in [-0.15, -0.1) is 0 Å². The fourth-order valence-corrected chi connectivity index (χ4v) is 2.67. The van der Waals surface area contributed by atoms with Crippen LogP contribution in [0.4, 0.5) is 0 Å². The van der Waals surface area contributed by atoms with Crippen LogP contribution in [0.15, 0.2) is 30.3 Å². The molecule has 160 valence electrons. The van der Waals surface area contributed by atoms with Crippen molar-refractivity contribution in [3.8, 4) is 0 Å². The zero-order chi connectivity index (χ0) is 21.8. The number of aliphatic carboxylic acids is 1. The largest absolute Gasteiger partial charge is 0.480 e. The smallest absolute Gasteiger partial charge is 0.326 e. The van der Waals surface area contributed by atoms with E-state index in [4.69, 9.17) is 17.2 Å².